The number of carbonyl (C=O) groups excluding carboxylic acids is 2. The third kappa shape index (κ3) is 6.20. The Morgan fingerprint density at radius 3 is 2.23 bits per heavy atom. The van der Waals surface area contributed by atoms with Crippen LogP contribution in [0.15, 0.2) is 78.9 Å². The lowest BCUT2D eigenvalue weighted by Crippen LogP contribution is -2.14. The molecular formula is C23H16ClF3N2O2. The Balaban J connectivity index is 1.68. The summed E-state index contributed by atoms with van der Waals surface area (Å²) >= 11 is 6.03. The van der Waals surface area contributed by atoms with Crippen molar-refractivity contribution in [3.63, 3.8) is 0 Å². The molecule has 0 spiro atoms. The maximum Gasteiger partial charge on any atom is 0.416 e. The molecule has 31 heavy (non-hydrogen) atoms. The predicted octanol–water partition coefficient (Wildman–Crippen LogP) is 6.26. The molecule has 0 aliphatic heterocycles. The normalized spacial score (nSPS) is 11.4. The van der Waals surface area contributed by atoms with Gasteiger partial charge >= 0.3 is 6.18 Å². The van der Waals surface area contributed by atoms with Gasteiger partial charge in [0.1, 0.15) is 0 Å². The van der Waals surface area contributed by atoms with Crippen LogP contribution in [0.1, 0.15) is 21.5 Å². The second-order valence-corrected chi connectivity index (χ2v) is 6.86. The van der Waals surface area contributed by atoms with Crippen LogP contribution in [0.25, 0.3) is 6.08 Å². The first-order valence-electron chi connectivity index (χ1n) is 9.04. The van der Waals surface area contributed by atoms with Crippen LogP contribution in [0.5, 0.6) is 0 Å². The molecule has 0 unspecified atom stereocenters. The third-order valence-electron chi connectivity index (χ3n) is 4.16. The SMILES string of the molecule is O=C(C=Cc1ccccc1Cl)Nc1cccc(C(=O)Nc2cccc(C(F)(F)F)c2)c1. The maximum absolute atomic E-state index is 12.8. The molecular weight excluding hydrogens is 429 g/mol. The van der Waals surface area contributed by atoms with Gasteiger partial charge in [-0.1, -0.05) is 41.9 Å². The average molecular weight is 445 g/mol. The van der Waals surface area contributed by atoms with Crippen molar-refractivity contribution in [2.45, 2.75) is 6.18 Å². The molecule has 3 rings (SSSR count). The lowest BCUT2D eigenvalue weighted by atomic mass is 10.1. The van der Waals surface area contributed by atoms with E-state index in [0.717, 1.165) is 12.1 Å². The van der Waals surface area contributed by atoms with E-state index in [4.69, 9.17) is 11.6 Å². The number of anilines is 2. The summed E-state index contributed by atoms with van der Waals surface area (Å²) in [6.45, 7) is 0. The number of amides is 2. The third-order valence-corrected chi connectivity index (χ3v) is 4.50. The van der Waals surface area contributed by atoms with Crippen LogP contribution in [0.4, 0.5) is 24.5 Å². The monoisotopic (exact) mass is 444 g/mol. The van der Waals surface area contributed by atoms with E-state index in [2.05, 4.69) is 10.6 Å². The second kappa shape index (κ2) is 9.49. The highest BCUT2D eigenvalue weighted by atomic mass is 35.5. The van der Waals surface area contributed by atoms with Crippen LogP contribution in [-0.4, -0.2) is 11.8 Å². The Kier molecular flexibility index (Phi) is 6.77. The number of rotatable bonds is 5. The summed E-state index contributed by atoms with van der Waals surface area (Å²) in [5.74, 6) is -1.04. The predicted molar refractivity (Wildman–Crippen MR) is 115 cm³/mol. The van der Waals surface area contributed by atoms with Crippen LogP contribution in [0.3, 0.4) is 0 Å². The number of hydrogen-bond acceptors (Lipinski definition) is 2. The van der Waals surface area contributed by atoms with Crippen molar-refractivity contribution < 1.29 is 22.8 Å². The van der Waals surface area contributed by atoms with Crippen LogP contribution >= 0.6 is 11.6 Å². The number of halogens is 4. The molecule has 0 saturated carbocycles. The summed E-state index contributed by atoms with van der Waals surface area (Å²) in [6, 6.07) is 17.4. The van der Waals surface area contributed by atoms with Crippen molar-refractivity contribution in [3.05, 3.63) is 101 Å². The van der Waals surface area contributed by atoms with Crippen LogP contribution in [0.2, 0.25) is 5.02 Å². The van der Waals surface area contributed by atoms with E-state index < -0.39 is 23.6 Å². The number of hydrogen-bond donors (Lipinski definition) is 2. The van der Waals surface area contributed by atoms with E-state index in [0.29, 0.717) is 16.3 Å². The zero-order chi connectivity index (χ0) is 22.4. The molecule has 2 amide bonds. The Morgan fingerprint density at radius 2 is 1.52 bits per heavy atom. The quantitative estimate of drug-likeness (QED) is 0.456. The van der Waals surface area contributed by atoms with Crippen LogP contribution in [-0.2, 0) is 11.0 Å². The Labute approximate surface area is 181 Å². The first-order valence-corrected chi connectivity index (χ1v) is 9.42. The fourth-order valence-corrected chi connectivity index (χ4v) is 2.87. The molecule has 3 aromatic carbocycles. The first-order chi connectivity index (χ1) is 14.7. The molecule has 0 heterocycles. The maximum atomic E-state index is 12.8. The van der Waals surface area contributed by atoms with E-state index in [1.54, 1.807) is 42.5 Å². The lowest BCUT2D eigenvalue weighted by Gasteiger charge is -2.10. The van der Waals surface area contributed by atoms with E-state index in [1.807, 2.05) is 0 Å². The molecule has 3 aromatic rings. The molecule has 0 aliphatic rings. The zero-order valence-electron chi connectivity index (χ0n) is 15.9. The second-order valence-electron chi connectivity index (χ2n) is 6.46. The zero-order valence-corrected chi connectivity index (χ0v) is 16.7. The van der Waals surface area contributed by atoms with Crippen LogP contribution < -0.4 is 10.6 Å². The summed E-state index contributed by atoms with van der Waals surface area (Å²) in [6.07, 6.45) is -1.65. The number of nitrogens with one attached hydrogen (secondary N) is 2. The highest BCUT2D eigenvalue weighted by Crippen LogP contribution is 2.30. The highest BCUT2D eigenvalue weighted by molar-refractivity contribution is 6.32. The molecule has 2 N–H and O–H groups in total. The average Bonchev–Trinajstić information content (AvgIpc) is 2.73. The number of alkyl halides is 3. The summed E-state index contributed by atoms with van der Waals surface area (Å²) < 4.78 is 38.5. The summed E-state index contributed by atoms with van der Waals surface area (Å²) in [5, 5.41) is 5.55. The van der Waals surface area contributed by atoms with Crippen molar-refractivity contribution in [3.8, 4) is 0 Å². The van der Waals surface area contributed by atoms with Gasteiger partial charge in [0.2, 0.25) is 5.91 Å². The fourth-order valence-electron chi connectivity index (χ4n) is 2.67. The minimum atomic E-state index is -4.51. The smallest absolute Gasteiger partial charge is 0.322 e. The van der Waals surface area contributed by atoms with Gasteiger partial charge in [-0.3, -0.25) is 9.59 Å². The minimum absolute atomic E-state index is 0.0111. The summed E-state index contributed by atoms with van der Waals surface area (Å²) in [4.78, 5) is 24.6. The van der Waals surface area contributed by atoms with Gasteiger partial charge in [0.25, 0.3) is 5.91 Å². The number of carbonyl (C=O) groups is 2. The molecule has 0 aromatic heterocycles. The van der Waals surface area contributed by atoms with Gasteiger partial charge in [-0.05, 0) is 54.1 Å². The molecule has 0 aliphatic carbocycles. The Bertz CT molecular complexity index is 1140. The van der Waals surface area contributed by atoms with Crippen LogP contribution in [0, 0.1) is 0 Å². The standard InChI is InChI=1S/C23H16ClF3N2O2/c24-20-10-2-1-5-15(20)11-12-21(30)28-18-8-3-6-16(13-18)22(31)29-19-9-4-7-17(14-19)23(25,26)27/h1-14H,(H,28,30)(H,29,31). The van der Waals surface area contributed by atoms with Gasteiger partial charge in [-0.25, -0.2) is 0 Å². The van der Waals surface area contributed by atoms with Crippen molar-refractivity contribution in [2.75, 3.05) is 10.6 Å². The van der Waals surface area contributed by atoms with E-state index in [1.165, 1.54) is 30.3 Å². The van der Waals surface area contributed by atoms with Crippen molar-refractivity contribution in [1.82, 2.24) is 0 Å². The molecule has 0 bridgehead atoms. The van der Waals surface area contributed by atoms with Crippen molar-refractivity contribution in [1.29, 1.82) is 0 Å². The summed E-state index contributed by atoms with van der Waals surface area (Å²) in [7, 11) is 0. The van der Waals surface area contributed by atoms with E-state index in [-0.39, 0.29) is 11.3 Å². The van der Waals surface area contributed by atoms with Gasteiger partial charge in [0, 0.05) is 28.0 Å². The van der Waals surface area contributed by atoms with Crippen molar-refractivity contribution in [2.24, 2.45) is 0 Å². The Hall–Kier alpha value is -3.58. The van der Waals surface area contributed by atoms with Gasteiger partial charge < -0.3 is 10.6 Å². The lowest BCUT2D eigenvalue weighted by molar-refractivity contribution is -0.137. The molecule has 0 atom stereocenters. The largest absolute Gasteiger partial charge is 0.416 e. The fraction of sp³-hybridized carbons (Fsp3) is 0.0435. The molecule has 158 valence electrons. The topological polar surface area (TPSA) is 58.2 Å². The molecule has 0 radical (unpaired) electrons. The molecule has 8 heteroatoms. The van der Waals surface area contributed by atoms with Gasteiger partial charge in [-0.2, -0.15) is 13.2 Å². The molecule has 0 fully saturated rings. The first kappa shape index (κ1) is 22.1. The highest BCUT2D eigenvalue weighted by Gasteiger charge is 2.30. The van der Waals surface area contributed by atoms with Crippen molar-refractivity contribution >= 4 is 40.9 Å². The summed E-state index contributed by atoms with van der Waals surface area (Å²) in [5.41, 5.74) is 0.345. The Morgan fingerprint density at radius 1 is 0.839 bits per heavy atom. The van der Waals surface area contributed by atoms with Gasteiger partial charge in [0.15, 0.2) is 0 Å². The number of benzene rings is 3. The van der Waals surface area contributed by atoms with E-state index >= 15 is 0 Å². The molecule has 0 saturated heterocycles. The minimum Gasteiger partial charge on any atom is -0.322 e. The van der Waals surface area contributed by atoms with Gasteiger partial charge in [-0.15, -0.1) is 0 Å². The van der Waals surface area contributed by atoms with E-state index in [9.17, 15) is 22.8 Å². The molecule has 4 nitrogen and oxygen atoms in total. The van der Waals surface area contributed by atoms with Gasteiger partial charge in [0.05, 0.1) is 5.56 Å².